The van der Waals surface area contributed by atoms with E-state index in [1.165, 1.54) is 13.2 Å². The van der Waals surface area contributed by atoms with Crippen LogP contribution in [0.4, 0.5) is 4.39 Å². The molecule has 0 saturated heterocycles. The molecule has 0 amide bonds. The van der Waals surface area contributed by atoms with Gasteiger partial charge in [0, 0.05) is 18.7 Å². The van der Waals surface area contributed by atoms with Crippen LogP contribution in [0.3, 0.4) is 0 Å². The van der Waals surface area contributed by atoms with E-state index >= 15 is 0 Å². The molecule has 0 radical (unpaired) electrons. The molecule has 0 N–H and O–H groups in total. The molecule has 2 aromatic rings. The number of alkyl halides is 1. The van der Waals surface area contributed by atoms with Crippen LogP contribution in [0.25, 0.3) is 11.0 Å². The predicted molar refractivity (Wildman–Crippen MR) is 84.6 cm³/mol. The van der Waals surface area contributed by atoms with Gasteiger partial charge >= 0.3 is 0 Å². The maximum Gasteiger partial charge on any atom is 0.167 e. The highest BCUT2D eigenvalue weighted by molar-refractivity contribution is 6.20. The first kappa shape index (κ1) is 16.1. The number of nitrogens with zero attached hydrogens (tertiary/aromatic N) is 2. The molecule has 0 fully saturated rings. The summed E-state index contributed by atoms with van der Waals surface area (Å²) < 4.78 is 21.0. The summed E-state index contributed by atoms with van der Waals surface area (Å²) in [6.45, 7) is 7.08. The number of fused-ring (bicyclic) bond motifs is 1. The van der Waals surface area contributed by atoms with Crippen LogP contribution in [0.1, 0.15) is 44.8 Å². The fourth-order valence-corrected chi connectivity index (χ4v) is 2.77. The third-order valence-corrected chi connectivity index (χ3v) is 4.20. The number of benzene rings is 1. The summed E-state index contributed by atoms with van der Waals surface area (Å²) in [5.41, 5.74) is 1.50. The highest BCUT2D eigenvalue weighted by Crippen LogP contribution is 2.30. The number of rotatable bonds is 6. The summed E-state index contributed by atoms with van der Waals surface area (Å²) in [6.07, 6.45) is 2.18. The summed E-state index contributed by atoms with van der Waals surface area (Å²) >= 11 is 6.25. The molecule has 21 heavy (non-hydrogen) atoms. The average molecular weight is 313 g/mol. The predicted octanol–water partition coefficient (Wildman–Crippen LogP) is 4.92. The van der Waals surface area contributed by atoms with Gasteiger partial charge in [-0.2, -0.15) is 0 Å². The number of methoxy groups -OCH3 is 1. The van der Waals surface area contributed by atoms with E-state index in [0.29, 0.717) is 11.4 Å². The number of ether oxygens (including phenoxy) is 1. The van der Waals surface area contributed by atoms with Crippen molar-refractivity contribution in [1.82, 2.24) is 9.55 Å². The molecule has 2 rings (SSSR count). The topological polar surface area (TPSA) is 27.1 Å². The molecule has 1 unspecified atom stereocenters. The number of hydrogen-bond donors (Lipinski definition) is 0. The van der Waals surface area contributed by atoms with Crippen molar-refractivity contribution in [3.63, 3.8) is 0 Å². The number of hydrogen-bond acceptors (Lipinski definition) is 2. The molecule has 0 bridgehead atoms. The van der Waals surface area contributed by atoms with Gasteiger partial charge < -0.3 is 9.30 Å². The smallest absolute Gasteiger partial charge is 0.167 e. The second-order valence-corrected chi connectivity index (χ2v) is 6.01. The Morgan fingerprint density at radius 1 is 1.33 bits per heavy atom. The van der Waals surface area contributed by atoms with Crippen molar-refractivity contribution in [3.8, 4) is 5.75 Å². The molecule has 0 aliphatic heterocycles. The van der Waals surface area contributed by atoms with Crippen LogP contribution in [0.5, 0.6) is 5.75 Å². The maximum absolute atomic E-state index is 13.8. The molecule has 1 atom stereocenters. The Kier molecular flexibility index (Phi) is 5.09. The molecule has 0 aliphatic rings. The molecule has 1 aromatic heterocycles. The van der Waals surface area contributed by atoms with E-state index in [0.717, 1.165) is 30.7 Å². The molecule has 1 heterocycles. The number of imidazole rings is 1. The van der Waals surface area contributed by atoms with Crippen molar-refractivity contribution in [2.24, 2.45) is 5.92 Å². The van der Waals surface area contributed by atoms with E-state index in [-0.39, 0.29) is 11.1 Å². The minimum Gasteiger partial charge on any atom is -0.494 e. The van der Waals surface area contributed by atoms with Gasteiger partial charge in [-0.15, -0.1) is 11.6 Å². The van der Waals surface area contributed by atoms with Crippen molar-refractivity contribution >= 4 is 22.6 Å². The minimum atomic E-state index is -0.397. The first-order valence-electron chi connectivity index (χ1n) is 7.39. The SMILES string of the molecule is CCC(CC)Cn1c(C(C)Cl)nc2cc(F)c(OC)cc21. The van der Waals surface area contributed by atoms with Crippen LogP contribution in [-0.4, -0.2) is 16.7 Å². The third kappa shape index (κ3) is 3.15. The second kappa shape index (κ2) is 6.65. The summed E-state index contributed by atoms with van der Waals surface area (Å²) in [4.78, 5) is 4.51. The molecule has 0 aliphatic carbocycles. The van der Waals surface area contributed by atoms with E-state index in [4.69, 9.17) is 16.3 Å². The summed E-state index contributed by atoms with van der Waals surface area (Å²) in [6, 6.07) is 3.13. The van der Waals surface area contributed by atoms with Crippen molar-refractivity contribution in [2.75, 3.05) is 7.11 Å². The van der Waals surface area contributed by atoms with Gasteiger partial charge in [-0.05, 0) is 12.8 Å². The highest BCUT2D eigenvalue weighted by atomic mass is 35.5. The van der Waals surface area contributed by atoms with E-state index in [2.05, 4.69) is 23.4 Å². The van der Waals surface area contributed by atoms with Crippen molar-refractivity contribution in [1.29, 1.82) is 0 Å². The van der Waals surface area contributed by atoms with Crippen LogP contribution in [-0.2, 0) is 6.54 Å². The van der Waals surface area contributed by atoms with Gasteiger partial charge in [0.05, 0.1) is 23.5 Å². The first-order valence-corrected chi connectivity index (χ1v) is 7.83. The fourth-order valence-electron chi connectivity index (χ4n) is 2.60. The number of aromatic nitrogens is 2. The monoisotopic (exact) mass is 312 g/mol. The van der Waals surface area contributed by atoms with Gasteiger partial charge in [0.1, 0.15) is 5.82 Å². The Labute approximate surface area is 130 Å². The standard InChI is InChI=1S/C16H22ClFN2O/c1-5-11(6-2)9-20-14-8-15(21-4)12(18)7-13(14)19-16(20)10(3)17/h7-8,10-11H,5-6,9H2,1-4H3. The van der Waals surface area contributed by atoms with Gasteiger partial charge in [0.25, 0.3) is 0 Å². The zero-order chi connectivity index (χ0) is 15.6. The Morgan fingerprint density at radius 2 is 2.00 bits per heavy atom. The zero-order valence-corrected chi connectivity index (χ0v) is 13.7. The summed E-state index contributed by atoms with van der Waals surface area (Å²) in [7, 11) is 1.47. The van der Waals surface area contributed by atoms with Crippen LogP contribution in [0.2, 0.25) is 0 Å². The highest BCUT2D eigenvalue weighted by Gasteiger charge is 2.19. The lowest BCUT2D eigenvalue weighted by atomic mass is 10.0. The van der Waals surface area contributed by atoms with E-state index in [9.17, 15) is 4.39 Å². The second-order valence-electron chi connectivity index (χ2n) is 5.35. The Morgan fingerprint density at radius 3 is 2.52 bits per heavy atom. The molecule has 0 saturated carbocycles. The summed E-state index contributed by atoms with van der Waals surface area (Å²) in [5.74, 6) is 1.17. The maximum atomic E-state index is 13.8. The quantitative estimate of drug-likeness (QED) is 0.708. The molecule has 116 valence electrons. The van der Waals surface area contributed by atoms with Crippen LogP contribution >= 0.6 is 11.6 Å². The Bertz CT molecular complexity index is 620. The van der Waals surface area contributed by atoms with Crippen LogP contribution < -0.4 is 4.74 Å². The van der Waals surface area contributed by atoms with Gasteiger partial charge in [-0.25, -0.2) is 9.37 Å². The van der Waals surface area contributed by atoms with E-state index in [1.807, 2.05) is 6.92 Å². The zero-order valence-electron chi connectivity index (χ0n) is 13.0. The molecule has 1 aromatic carbocycles. The van der Waals surface area contributed by atoms with Crippen molar-refractivity contribution in [2.45, 2.75) is 45.5 Å². The summed E-state index contributed by atoms with van der Waals surface area (Å²) in [5, 5.41) is -0.221. The van der Waals surface area contributed by atoms with Gasteiger partial charge in [-0.3, -0.25) is 0 Å². The van der Waals surface area contributed by atoms with Crippen molar-refractivity contribution in [3.05, 3.63) is 23.8 Å². The Hall–Kier alpha value is -1.29. The number of halogens is 2. The largest absolute Gasteiger partial charge is 0.494 e. The molecule has 3 nitrogen and oxygen atoms in total. The lowest BCUT2D eigenvalue weighted by Crippen LogP contribution is -2.12. The average Bonchev–Trinajstić information content (AvgIpc) is 2.81. The molecule has 0 spiro atoms. The van der Waals surface area contributed by atoms with E-state index in [1.54, 1.807) is 6.07 Å². The van der Waals surface area contributed by atoms with Gasteiger partial charge in [0.2, 0.25) is 0 Å². The molecule has 5 heteroatoms. The van der Waals surface area contributed by atoms with Crippen LogP contribution in [0, 0.1) is 11.7 Å². The van der Waals surface area contributed by atoms with Gasteiger partial charge in [0.15, 0.2) is 11.6 Å². The first-order chi connectivity index (χ1) is 10.0. The normalized spacial score (nSPS) is 13.1. The molecular weight excluding hydrogens is 291 g/mol. The van der Waals surface area contributed by atoms with Crippen LogP contribution in [0.15, 0.2) is 12.1 Å². The van der Waals surface area contributed by atoms with Crippen molar-refractivity contribution < 1.29 is 9.13 Å². The minimum absolute atomic E-state index is 0.221. The lowest BCUT2D eigenvalue weighted by Gasteiger charge is -2.17. The Balaban J connectivity index is 2.60. The fraction of sp³-hybridized carbons (Fsp3) is 0.562. The third-order valence-electron chi connectivity index (χ3n) is 4.00. The molecular formula is C16H22ClFN2O. The van der Waals surface area contributed by atoms with Gasteiger partial charge in [-0.1, -0.05) is 26.7 Å². The van der Waals surface area contributed by atoms with E-state index < -0.39 is 5.82 Å². The lowest BCUT2D eigenvalue weighted by molar-refractivity contribution is 0.386.